The average Bonchev–Trinajstić information content (AvgIpc) is 3.51. The summed E-state index contributed by atoms with van der Waals surface area (Å²) < 4.78 is 2.05. The van der Waals surface area contributed by atoms with Crippen molar-refractivity contribution in [2.24, 2.45) is 28.8 Å². The molecule has 0 radical (unpaired) electrons. The third-order valence-electron chi connectivity index (χ3n) is 7.48. The number of carbonyl (C=O) groups excluding carboxylic acids is 1. The van der Waals surface area contributed by atoms with Crippen molar-refractivity contribution in [2.75, 3.05) is 0 Å². The van der Waals surface area contributed by atoms with E-state index in [1.54, 1.807) is 16.3 Å². The second-order valence-electron chi connectivity index (χ2n) is 9.37. The van der Waals surface area contributed by atoms with Crippen molar-refractivity contribution >= 4 is 34.4 Å². The molecule has 3 heterocycles. The minimum absolute atomic E-state index is 0.0239. The molecule has 162 valence electrons. The second-order valence-corrected chi connectivity index (χ2v) is 10.3. The number of aryl methyl sites for hydroxylation is 1. The summed E-state index contributed by atoms with van der Waals surface area (Å²) in [5.41, 5.74) is 2.70. The van der Waals surface area contributed by atoms with Crippen molar-refractivity contribution in [1.29, 1.82) is 5.26 Å². The number of carbonyl (C=O) groups is 1. The summed E-state index contributed by atoms with van der Waals surface area (Å²) in [7, 11) is 0. The highest BCUT2D eigenvalue weighted by Crippen LogP contribution is 2.53. The number of thiazole rings is 1. The first-order valence-corrected chi connectivity index (χ1v) is 12.1. The zero-order valence-electron chi connectivity index (χ0n) is 17.9. The number of hydrazone groups is 1. The predicted molar refractivity (Wildman–Crippen MR) is 122 cm³/mol. The molecule has 3 aromatic rings. The summed E-state index contributed by atoms with van der Waals surface area (Å²) >= 11 is 1.62. The standard InChI is InChI=1S/C24H24N6OS/c1-14-13-32-23(28-14)22-4-5-26-30(22)24(31)20-9-19(16-7-17(20)8-16)12-29-21-3-2-15(10-25)6-18(21)11-27-29/h2-3,5-6,11,13,16-17,19-20,22H,4,7-9,12H2,1H3/t16?,17?,19-,20-,22?/m0/s1. The highest BCUT2D eigenvalue weighted by atomic mass is 32.1. The summed E-state index contributed by atoms with van der Waals surface area (Å²) in [6.45, 7) is 2.80. The predicted octanol–water partition coefficient (Wildman–Crippen LogP) is 4.29. The molecule has 1 aromatic carbocycles. The Morgan fingerprint density at radius 1 is 1.28 bits per heavy atom. The van der Waals surface area contributed by atoms with Crippen LogP contribution in [0.4, 0.5) is 0 Å². The minimum atomic E-state index is -0.0539. The Kier molecular flexibility index (Phi) is 4.61. The molecular formula is C24H24N6OS. The molecule has 7 rings (SSSR count). The normalized spacial score (nSPS) is 28.6. The molecule has 0 saturated heterocycles. The van der Waals surface area contributed by atoms with Crippen molar-refractivity contribution in [3.63, 3.8) is 0 Å². The van der Waals surface area contributed by atoms with Crippen molar-refractivity contribution in [2.45, 2.75) is 45.2 Å². The van der Waals surface area contributed by atoms with Crippen LogP contribution >= 0.6 is 11.3 Å². The van der Waals surface area contributed by atoms with E-state index in [0.717, 1.165) is 53.8 Å². The Labute approximate surface area is 190 Å². The van der Waals surface area contributed by atoms with E-state index in [2.05, 4.69) is 25.9 Å². The zero-order valence-corrected chi connectivity index (χ0v) is 18.7. The van der Waals surface area contributed by atoms with Crippen LogP contribution in [-0.2, 0) is 11.3 Å². The van der Waals surface area contributed by atoms with Crippen LogP contribution in [0.15, 0.2) is 34.9 Å². The fourth-order valence-corrected chi connectivity index (χ4v) is 6.60. The summed E-state index contributed by atoms with van der Waals surface area (Å²) in [4.78, 5) is 18.2. The van der Waals surface area contributed by atoms with E-state index in [1.165, 1.54) is 0 Å². The van der Waals surface area contributed by atoms with Crippen LogP contribution < -0.4 is 0 Å². The first-order chi connectivity index (χ1) is 15.6. The molecule has 3 atom stereocenters. The fourth-order valence-electron chi connectivity index (χ4n) is 5.71. The number of hydrogen-bond donors (Lipinski definition) is 0. The zero-order chi connectivity index (χ0) is 21.8. The van der Waals surface area contributed by atoms with Crippen molar-refractivity contribution in [3.05, 3.63) is 46.0 Å². The van der Waals surface area contributed by atoms with E-state index in [1.807, 2.05) is 42.9 Å². The third-order valence-corrected chi connectivity index (χ3v) is 8.54. The van der Waals surface area contributed by atoms with Crippen LogP contribution in [-0.4, -0.2) is 31.9 Å². The summed E-state index contributed by atoms with van der Waals surface area (Å²) in [5.74, 6) is 1.76. The van der Waals surface area contributed by atoms with Crippen LogP contribution in [0.5, 0.6) is 0 Å². The first kappa shape index (κ1) is 19.6. The largest absolute Gasteiger partial charge is 0.273 e. The molecule has 0 N–H and O–H groups in total. The Balaban J connectivity index is 1.20. The van der Waals surface area contributed by atoms with Gasteiger partial charge < -0.3 is 0 Å². The molecule has 2 aromatic heterocycles. The molecule has 8 heteroatoms. The van der Waals surface area contributed by atoms with E-state index >= 15 is 0 Å². The van der Waals surface area contributed by atoms with Gasteiger partial charge in [-0.05, 0) is 62.1 Å². The lowest BCUT2D eigenvalue weighted by Crippen LogP contribution is -2.49. The molecular weight excluding hydrogens is 420 g/mol. The van der Waals surface area contributed by atoms with Crippen LogP contribution in [0.25, 0.3) is 10.9 Å². The van der Waals surface area contributed by atoms with Gasteiger partial charge in [0.15, 0.2) is 0 Å². The lowest BCUT2D eigenvalue weighted by atomic mass is 9.55. The number of hydrogen-bond acceptors (Lipinski definition) is 6. The minimum Gasteiger partial charge on any atom is -0.273 e. The van der Waals surface area contributed by atoms with Gasteiger partial charge in [0.2, 0.25) is 5.91 Å². The number of amides is 1. The molecule has 4 aliphatic rings. The van der Waals surface area contributed by atoms with Gasteiger partial charge in [-0.25, -0.2) is 9.99 Å². The van der Waals surface area contributed by atoms with E-state index in [9.17, 15) is 4.79 Å². The molecule has 2 bridgehead atoms. The molecule has 1 amide bonds. The fraction of sp³-hybridized carbons (Fsp3) is 0.458. The lowest BCUT2D eigenvalue weighted by Gasteiger charge is -2.51. The molecule has 7 nitrogen and oxygen atoms in total. The van der Waals surface area contributed by atoms with Crippen molar-refractivity contribution < 1.29 is 4.79 Å². The van der Waals surface area contributed by atoms with E-state index in [4.69, 9.17) is 5.26 Å². The number of nitriles is 1. The van der Waals surface area contributed by atoms with Gasteiger partial charge in [-0.1, -0.05) is 0 Å². The smallest absolute Gasteiger partial charge is 0.246 e. The van der Waals surface area contributed by atoms with Gasteiger partial charge in [-0.3, -0.25) is 9.48 Å². The topological polar surface area (TPSA) is 87.2 Å². The van der Waals surface area contributed by atoms with E-state index in [-0.39, 0.29) is 17.9 Å². The highest BCUT2D eigenvalue weighted by molar-refractivity contribution is 7.09. The number of aromatic nitrogens is 3. The molecule has 3 saturated carbocycles. The quantitative estimate of drug-likeness (QED) is 0.600. The van der Waals surface area contributed by atoms with Gasteiger partial charge in [-0.15, -0.1) is 11.3 Å². The van der Waals surface area contributed by atoms with Crippen LogP contribution in [0.3, 0.4) is 0 Å². The van der Waals surface area contributed by atoms with Gasteiger partial charge in [0.25, 0.3) is 0 Å². The number of rotatable bonds is 4. The van der Waals surface area contributed by atoms with Gasteiger partial charge in [0.05, 0.1) is 23.3 Å². The number of benzene rings is 1. The molecule has 1 aliphatic heterocycles. The SMILES string of the molecule is Cc1csc(C2CC=NN2C(=O)[C@H]2C[C@@H](Cn3ncc4cc(C#N)ccc43)C3CC2C3)n1. The molecule has 3 aliphatic carbocycles. The number of nitrogens with zero attached hydrogens (tertiary/aromatic N) is 6. The van der Waals surface area contributed by atoms with Crippen LogP contribution in [0.2, 0.25) is 0 Å². The summed E-state index contributed by atoms with van der Waals surface area (Å²) in [5, 5.41) is 23.9. The third kappa shape index (κ3) is 3.15. The maximum atomic E-state index is 13.6. The summed E-state index contributed by atoms with van der Waals surface area (Å²) in [6, 6.07) is 7.85. The molecule has 32 heavy (non-hydrogen) atoms. The maximum Gasteiger partial charge on any atom is 0.246 e. The number of fused-ring (bicyclic) bond motifs is 3. The molecule has 0 spiro atoms. The van der Waals surface area contributed by atoms with Gasteiger partial charge in [-0.2, -0.15) is 15.5 Å². The molecule has 1 unspecified atom stereocenters. The van der Waals surface area contributed by atoms with E-state index in [0.29, 0.717) is 23.3 Å². The van der Waals surface area contributed by atoms with Crippen molar-refractivity contribution in [3.8, 4) is 6.07 Å². The monoisotopic (exact) mass is 444 g/mol. The van der Waals surface area contributed by atoms with Crippen LogP contribution in [0, 0.1) is 41.9 Å². The van der Waals surface area contributed by atoms with Crippen molar-refractivity contribution in [1.82, 2.24) is 19.8 Å². The summed E-state index contributed by atoms with van der Waals surface area (Å²) in [6.07, 6.45) is 7.57. The van der Waals surface area contributed by atoms with Crippen LogP contribution in [0.1, 0.15) is 48.0 Å². The Morgan fingerprint density at radius 3 is 2.94 bits per heavy atom. The maximum absolute atomic E-state index is 13.6. The van der Waals surface area contributed by atoms with Gasteiger partial charge >= 0.3 is 0 Å². The lowest BCUT2D eigenvalue weighted by molar-refractivity contribution is -0.147. The second kappa shape index (κ2) is 7.52. The Bertz CT molecular complexity index is 1260. The Morgan fingerprint density at radius 2 is 2.16 bits per heavy atom. The first-order valence-electron chi connectivity index (χ1n) is 11.2. The molecule has 3 fully saturated rings. The highest BCUT2D eigenvalue weighted by Gasteiger charge is 2.50. The van der Waals surface area contributed by atoms with Gasteiger partial charge in [0, 0.05) is 41.6 Å². The van der Waals surface area contributed by atoms with E-state index < -0.39 is 0 Å². The Hall–Kier alpha value is -3.05. The van der Waals surface area contributed by atoms with Gasteiger partial charge in [0.1, 0.15) is 11.0 Å². The average molecular weight is 445 g/mol.